The largest absolute Gasteiger partial charge is 0.433 e. The normalized spacial score (nSPS) is 12.8. The van der Waals surface area contributed by atoms with Crippen LogP contribution >= 0.6 is 11.3 Å². The molecule has 0 saturated carbocycles. The first kappa shape index (κ1) is 20.1. The maximum atomic E-state index is 12.8. The van der Waals surface area contributed by atoms with E-state index in [4.69, 9.17) is 0 Å². The molecule has 154 valence electrons. The van der Waals surface area contributed by atoms with Gasteiger partial charge in [0.25, 0.3) is 5.91 Å². The first-order valence-electron chi connectivity index (χ1n) is 9.10. The van der Waals surface area contributed by atoms with Gasteiger partial charge in [0.15, 0.2) is 0 Å². The van der Waals surface area contributed by atoms with Gasteiger partial charge in [-0.2, -0.15) is 18.3 Å². The van der Waals surface area contributed by atoms with Crippen LogP contribution in [0.1, 0.15) is 33.9 Å². The number of thiophene rings is 1. The van der Waals surface area contributed by atoms with E-state index in [1.165, 1.54) is 17.4 Å². The molecule has 0 fully saturated rings. The first-order valence-corrected chi connectivity index (χ1v) is 9.91. The molecular formula is C21H17F3N4OS. The van der Waals surface area contributed by atoms with Gasteiger partial charge in [0.2, 0.25) is 0 Å². The Hall–Kier alpha value is -3.20. The summed E-state index contributed by atoms with van der Waals surface area (Å²) in [6.07, 6.45) is -3.36. The number of carbonyl (C=O) groups is 1. The molecule has 1 aromatic carbocycles. The van der Waals surface area contributed by atoms with E-state index < -0.39 is 17.9 Å². The Morgan fingerprint density at radius 1 is 1.17 bits per heavy atom. The molecule has 0 unspecified atom stereocenters. The van der Waals surface area contributed by atoms with Crippen LogP contribution in [0.15, 0.2) is 54.7 Å². The number of fused-ring (bicyclic) bond motifs is 1. The van der Waals surface area contributed by atoms with Crippen LogP contribution in [0.5, 0.6) is 0 Å². The van der Waals surface area contributed by atoms with Crippen molar-refractivity contribution in [2.45, 2.75) is 19.1 Å². The number of carbonyl (C=O) groups excluding carboxylic acids is 1. The van der Waals surface area contributed by atoms with E-state index in [2.05, 4.69) is 15.4 Å². The number of hydrogen-bond acceptors (Lipinski definition) is 4. The number of aryl methyl sites for hydroxylation is 1. The minimum atomic E-state index is -4.49. The summed E-state index contributed by atoms with van der Waals surface area (Å²) < 4.78 is 39.8. The van der Waals surface area contributed by atoms with E-state index in [0.717, 1.165) is 33.7 Å². The molecule has 0 aliphatic rings. The van der Waals surface area contributed by atoms with Crippen LogP contribution in [-0.2, 0) is 13.2 Å². The molecule has 4 aromatic rings. The van der Waals surface area contributed by atoms with Gasteiger partial charge in [-0.05, 0) is 24.6 Å². The van der Waals surface area contributed by atoms with Gasteiger partial charge in [0, 0.05) is 24.2 Å². The zero-order chi connectivity index (χ0) is 21.5. The van der Waals surface area contributed by atoms with Gasteiger partial charge in [-0.25, -0.2) is 0 Å². The number of pyridine rings is 1. The zero-order valence-electron chi connectivity index (χ0n) is 16.1. The number of alkyl halides is 3. The fourth-order valence-corrected chi connectivity index (χ4v) is 4.12. The molecule has 5 nitrogen and oxygen atoms in total. The van der Waals surface area contributed by atoms with Gasteiger partial charge < -0.3 is 5.32 Å². The van der Waals surface area contributed by atoms with E-state index in [-0.39, 0.29) is 5.91 Å². The molecule has 0 aliphatic heterocycles. The number of aromatic nitrogens is 3. The molecule has 3 aromatic heterocycles. The van der Waals surface area contributed by atoms with Crippen molar-refractivity contribution in [3.63, 3.8) is 0 Å². The number of hydrogen-bond donors (Lipinski definition) is 1. The molecule has 0 saturated heterocycles. The van der Waals surface area contributed by atoms with Crippen LogP contribution in [0.4, 0.5) is 13.2 Å². The lowest BCUT2D eigenvalue weighted by molar-refractivity contribution is -0.141. The molecule has 1 atom stereocenters. The second-order valence-electron chi connectivity index (χ2n) is 6.84. The summed E-state index contributed by atoms with van der Waals surface area (Å²) in [5, 5.41) is 8.25. The summed E-state index contributed by atoms with van der Waals surface area (Å²) in [6.45, 7) is 1.70. The minimum absolute atomic E-state index is 0.303. The van der Waals surface area contributed by atoms with Crippen molar-refractivity contribution in [3.8, 4) is 11.3 Å². The Morgan fingerprint density at radius 3 is 2.53 bits per heavy atom. The van der Waals surface area contributed by atoms with Crippen molar-refractivity contribution in [1.29, 1.82) is 0 Å². The van der Waals surface area contributed by atoms with Crippen LogP contribution < -0.4 is 5.32 Å². The lowest BCUT2D eigenvalue weighted by Gasteiger charge is -2.14. The number of nitrogens with one attached hydrogen (secondary N) is 1. The van der Waals surface area contributed by atoms with Crippen molar-refractivity contribution in [3.05, 3.63) is 70.9 Å². The van der Waals surface area contributed by atoms with E-state index in [1.807, 2.05) is 37.4 Å². The lowest BCUT2D eigenvalue weighted by atomic mass is 10.1. The van der Waals surface area contributed by atoms with Gasteiger partial charge in [0.1, 0.15) is 16.2 Å². The molecule has 0 radical (unpaired) electrons. The van der Waals surface area contributed by atoms with E-state index in [0.29, 0.717) is 10.4 Å². The second kappa shape index (κ2) is 7.56. The SMILES string of the molecule is C[C@@H](NC(=O)c1cc2c(-c3ccccc3)nn(C)c2s1)c1ccc(C(F)(F)F)nc1. The Kier molecular flexibility index (Phi) is 5.07. The highest BCUT2D eigenvalue weighted by atomic mass is 32.1. The van der Waals surface area contributed by atoms with Crippen LogP contribution in [0.2, 0.25) is 0 Å². The third-order valence-corrected chi connectivity index (χ3v) is 5.91. The van der Waals surface area contributed by atoms with Crippen molar-refractivity contribution in [2.24, 2.45) is 7.05 Å². The Labute approximate surface area is 174 Å². The third kappa shape index (κ3) is 3.80. The highest BCUT2D eigenvalue weighted by molar-refractivity contribution is 7.20. The highest BCUT2D eigenvalue weighted by Gasteiger charge is 2.32. The maximum absolute atomic E-state index is 12.8. The van der Waals surface area contributed by atoms with Crippen molar-refractivity contribution >= 4 is 27.5 Å². The predicted molar refractivity (Wildman–Crippen MR) is 109 cm³/mol. The molecule has 30 heavy (non-hydrogen) atoms. The van der Waals surface area contributed by atoms with Crippen molar-refractivity contribution in [1.82, 2.24) is 20.1 Å². The fraction of sp³-hybridized carbons (Fsp3) is 0.190. The number of benzene rings is 1. The summed E-state index contributed by atoms with van der Waals surface area (Å²) in [5.74, 6) is -0.303. The topological polar surface area (TPSA) is 59.8 Å². The van der Waals surface area contributed by atoms with Gasteiger partial charge in [-0.1, -0.05) is 36.4 Å². The molecule has 0 bridgehead atoms. The molecule has 1 N–H and O–H groups in total. The molecule has 0 aliphatic carbocycles. The lowest BCUT2D eigenvalue weighted by Crippen LogP contribution is -2.26. The molecular weight excluding hydrogens is 413 g/mol. The van der Waals surface area contributed by atoms with E-state index >= 15 is 0 Å². The standard InChI is InChI=1S/C21H17F3N4OS/c1-12(14-8-9-17(25-11-14)21(22,23)24)26-19(29)16-10-15-18(13-6-4-3-5-7-13)27-28(2)20(15)30-16/h3-12H,1-2H3,(H,26,29)/t12-/m1/s1. The quantitative estimate of drug-likeness (QED) is 0.484. The summed E-state index contributed by atoms with van der Waals surface area (Å²) in [6, 6.07) is 13.2. The van der Waals surface area contributed by atoms with Crippen molar-refractivity contribution < 1.29 is 18.0 Å². The molecule has 4 rings (SSSR count). The average Bonchev–Trinajstić information content (AvgIpc) is 3.29. The minimum Gasteiger partial charge on any atom is -0.345 e. The monoisotopic (exact) mass is 430 g/mol. The third-order valence-electron chi connectivity index (χ3n) is 4.71. The number of halogens is 3. The van der Waals surface area contributed by atoms with E-state index in [9.17, 15) is 18.0 Å². The number of nitrogens with zero attached hydrogens (tertiary/aromatic N) is 3. The fourth-order valence-electron chi connectivity index (χ4n) is 3.14. The van der Waals surface area contributed by atoms with Gasteiger partial charge >= 0.3 is 6.18 Å². The number of amides is 1. The highest BCUT2D eigenvalue weighted by Crippen LogP contribution is 2.34. The number of rotatable bonds is 4. The van der Waals surface area contributed by atoms with Crippen LogP contribution in [0.3, 0.4) is 0 Å². The summed E-state index contributed by atoms with van der Waals surface area (Å²) >= 11 is 1.31. The predicted octanol–water partition coefficient (Wildman–Crippen LogP) is 5.21. The molecule has 3 heterocycles. The van der Waals surface area contributed by atoms with Crippen LogP contribution in [0, 0.1) is 0 Å². The van der Waals surface area contributed by atoms with Gasteiger partial charge in [-0.15, -0.1) is 11.3 Å². The summed E-state index contributed by atoms with van der Waals surface area (Å²) in [7, 11) is 1.82. The van der Waals surface area contributed by atoms with Crippen LogP contribution in [0.25, 0.3) is 21.5 Å². The average molecular weight is 430 g/mol. The maximum Gasteiger partial charge on any atom is 0.433 e. The van der Waals surface area contributed by atoms with Gasteiger partial charge in [-0.3, -0.25) is 14.5 Å². The van der Waals surface area contributed by atoms with Crippen LogP contribution in [-0.4, -0.2) is 20.7 Å². The zero-order valence-corrected chi connectivity index (χ0v) is 16.9. The molecule has 9 heteroatoms. The molecule has 1 amide bonds. The smallest absolute Gasteiger partial charge is 0.345 e. The Balaban J connectivity index is 1.56. The van der Waals surface area contributed by atoms with Crippen molar-refractivity contribution in [2.75, 3.05) is 0 Å². The van der Waals surface area contributed by atoms with E-state index in [1.54, 1.807) is 17.7 Å². The molecule has 0 spiro atoms. The Bertz CT molecular complexity index is 1200. The van der Waals surface area contributed by atoms with Gasteiger partial charge in [0.05, 0.1) is 10.9 Å². The summed E-state index contributed by atoms with van der Waals surface area (Å²) in [5.41, 5.74) is 1.28. The Morgan fingerprint density at radius 2 is 1.90 bits per heavy atom. The summed E-state index contributed by atoms with van der Waals surface area (Å²) in [4.78, 5) is 17.6. The first-order chi connectivity index (χ1) is 14.2. The second-order valence-corrected chi connectivity index (χ2v) is 7.87.